The van der Waals surface area contributed by atoms with Crippen LogP contribution in [0.15, 0.2) is 140 Å². The van der Waals surface area contributed by atoms with Crippen LogP contribution in [0.25, 0.3) is 76.7 Å². The first-order valence-corrected chi connectivity index (χ1v) is 15.1. The van der Waals surface area contributed by atoms with Gasteiger partial charge in [0.05, 0.1) is 27.6 Å². The summed E-state index contributed by atoms with van der Waals surface area (Å²) < 4.78 is 4.88. The van der Waals surface area contributed by atoms with Gasteiger partial charge in [0, 0.05) is 56.0 Å². The van der Waals surface area contributed by atoms with Gasteiger partial charge in [-0.1, -0.05) is 105 Å². The molecule has 0 fully saturated rings. The van der Waals surface area contributed by atoms with Crippen molar-refractivity contribution in [2.24, 2.45) is 0 Å². The molecule has 5 aromatic carbocycles. The molecule has 0 unspecified atom stereocenters. The van der Waals surface area contributed by atoms with Gasteiger partial charge in [-0.3, -0.25) is 4.98 Å². The molecule has 0 aliphatic heterocycles. The van der Waals surface area contributed by atoms with E-state index in [-0.39, 0.29) is 0 Å². The standard InChI is InChI=1S/C37H23N3.C3H8/c1-4-15-32-25(9-1)22-35-31-19-18-29-28-13-2-5-16-33(28)39(27-12-7-10-24(21-27)26-11-8-20-38-23-26)37(29)36(31)30-14-3-6-17-34(30)40(32)35;1-3-2/h1-23H;3H2,1-2H3. The number of fused-ring (bicyclic) bond motifs is 12. The van der Waals surface area contributed by atoms with Gasteiger partial charge < -0.3 is 8.97 Å². The van der Waals surface area contributed by atoms with E-state index >= 15 is 0 Å². The highest BCUT2D eigenvalue weighted by atomic mass is 15.0. The van der Waals surface area contributed by atoms with Crippen LogP contribution >= 0.6 is 0 Å². The van der Waals surface area contributed by atoms with Gasteiger partial charge in [0.15, 0.2) is 0 Å². The fourth-order valence-corrected chi connectivity index (χ4v) is 6.66. The van der Waals surface area contributed by atoms with E-state index in [1.807, 2.05) is 18.5 Å². The third kappa shape index (κ3) is 3.85. The molecule has 0 saturated heterocycles. The topological polar surface area (TPSA) is 22.2 Å². The Morgan fingerprint density at radius 2 is 1.21 bits per heavy atom. The molecule has 0 atom stereocenters. The second kappa shape index (κ2) is 10.1. The normalized spacial score (nSPS) is 11.6. The predicted molar refractivity (Wildman–Crippen MR) is 183 cm³/mol. The van der Waals surface area contributed by atoms with E-state index < -0.39 is 0 Å². The third-order valence-electron chi connectivity index (χ3n) is 8.34. The minimum Gasteiger partial charge on any atom is -0.309 e. The van der Waals surface area contributed by atoms with Crippen LogP contribution in [0.4, 0.5) is 0 Å². The van der Waals surface area contributed by atoms with E-state index in [0.29, 0.717) is 0 Å². The van der Waals surface area contributed by atoms with Gasteiger partial charge in [-0.2, -0.15) is 0 Å². The Morgan fingerprint density at radius 3 is 2.02 bits per heavy atom. The highest BCUT2D eigenvalue weighted by Gasteiger charge is 2.20. The zero-order valence-corrected chi connectivity index (χ0v) is 24.3. The van der Waals surface area contributed by atoms with Gasteiger partial charge in [-0.05, 0) is 48.0 Å². The number of aromatic nitrogens is 3. The van der Waals surface area contributed by atoms with Crippen LogP contribution in [0.2, 0.25) is 0 Å². The van der Waals surface area contributed by atoms with Gasteiger partial charge >= 0.3 is 0 Å². The van der Waals surface area contributed by atoms with E-state index in [2.05, 4.69) is 149 Å². The molecule has 0 N–H and O–H groups in total. The van der Waals surface area contributed by atoms with Crippen molar-refractivity contribution in [2.45, 2.75) is 20.3 Å². The summed E-state index contributed by atoms with van der Waals surface area (Å²) in [6.07, 6.45) is 5.01. The number of para-hydroxylation sites is 3. The first kappa shape index (κ1) is 25.3. The molecular formula is C40H31N3. The van der Waals surface area contributed by atoms with Crippen LogP contribution in [0.1, 0.15) is 20.3 Å². The maximum absolute atomic E-state index is 4.37. The summed E-state index contributed by atoms with van der Waals surface area (Å²) in [7, 11) is 0. The van der Waals surface area contributed by atoms with Crippen molar-refractivity contribution in [3.05, 3.63) is 140 Å². The lowest BCUT2D eigenvalue weighted by molar-refractivity contribution is 1.09. The summed E-state index contributed by atoms with van der Waals surface area (Å²) >= 11 is 0. The van der Waals surface area contributed by atoms with Crippen molar-refractivity contribution >= 4 is 59.9 Å². The zero-order chi connectivity index (χ0) is 28.9. The number of pyridine rings is 2. The van der Waals surface area contributed by atoms with Crippen molar-refractivity contribution < 1.29 is 0 Å². The highest BCUT2D eigenvalue weighted by molar-refractivity contribution is 6.28. The molecule has 0 bridgehead atoms. The van der Waals surface area contributed by atoms with E-state index in [1.165, 1.54) is 66.3 Å². The molecule has 3 nitrogen and oxygen atoms in total. The number of hydrogen-bond donors (Lipinski definition) is 0. The Bertz CT molecular complexity index is 2440. The fraction of sp³-hybridized carbons (Fsp3) is 0.0750. The van der Waals surface area contributed by atoms with Gasteiger partial charge in [0.25, 0.3) is 0 Å². The average molecular weight is 554 g/mol. The number of hydrogen-bond acceptors (Lipinski definition) is 1. The molecule has 43 heavy (non-hydrogen) atoms. The fourth-order valence-electron chi connectivity index (χ4n) is 6.66. The van der Waals surface area contributed by atoms with Gasteiger partial charge in [0.1, 0.15) is 0 Å². The molecule has 4 aromatic heterocycles. The molecule has 9 rings (SSSR count). The van der Waals surface area contributed by atoms with Gasteiger partial charge in [0.2, 0.25) is 0 Å². The van der Waals surface area contributed by atoms with Crippen LogP contribution < -0.4 is 0 Å². The Labute approximate surface area is 250 Å². The van der Waals surface area contributed by atoms with E-state index in [0.717, 1.165) is 16.8 Å². The van der Waals surface area contributed by atoms with Crippen LogP contribution in [-0.4, -0.2) is 14.0 Å². The molecular weight excluding hydrogens is 522 g/mol. The molecule has 0 amide bonds. The Hall–Kier alpha value is -5.41. The summed E-state index contributed by atoms with van der Waals surface area (Å²) in [5.74, 6) is 0. The second-order valence-electron chi connectivity index (χ2n) is 11.2. The quantitative estimate of drug-likeness (QED) is 0.195. The molecule has 3 heteroatoms. The second-order valence-corrected chi connectivity index (χ2v) is 11.2. The lowest BCUT2D eigenvalue weighted by Crippen LogP contribution is -1.97. The van der Waals surface area contributed by atoms with Crippen molar-refractivity contribution in [3.63, 3.8) is 0 Å². The van der Waals surface area contributed by atoms with E-state index in [1.54, 1.807) is 0 Å². The third-order valence-corrected chi connectivity index (χ3v) is 8.34. The van der Waals surface area contributed by atoms with Crippen molar-refractivity contribution in [2.75, 3.05) is 0 Å². The molecule has 0 spiro atoms. The average Bonchev–Trinajstić information content (AvgIpc) is 3.62. The summed E-state index contributed by atoms with van der Waals surface area (Å²) in [6, 6.07) is 46.2. The number of benzene rings is 5. The predicted octanol–water partition coefficient (Wildman–Crippen LogP) is 11.0. The van der Waals surface area contributed by atoms with E-state index in [9.17, 15) is 0 Å². The maximum Gasteiger partial charge on any atom is 0.0627 e. The molecule has 0 radical (unpaired) electrons. The van der Waals surface area contributed by atoms with Crippen LogP contribution in [0, 0.1) is 0 Å². The summed E-state index contributed by atoms with van der Waals surface area (Å²) in [5.41, 5.74) is 9.55. The van der Waals surface area contributed by atoms with Crippen molar-refractivity contribution in [1.29, 1.82) is 0 Å². The summed E-state index contributed by atoms with van der Waals surface area (Å²) in [5, 5.41) is 7.58. The highest BCUT2D eigenvalue weighted by Crippen LogP contribution is 2.42. The largest absolute Gasteiger partial charge is 0.309 e. The smallest absolute Gasteiger partial charge is 0.0627 e. The van der Waals surface area contributed by atoms with Crippen LogP contribution in [0.3, 0.4) is 0 Å². The van der Waals surface area contributed by atoms with Crippen LogP contribution in [0.5, 0.6) is 0 Å². The molecule has 206 valence electrons. The van der Waals surface area contributed by atoms with E-state index in [4.69, 9.17) is 0 Å². The SMILES string of the molecule is CCC.c1cncc(-c2cccc(-n3c4ccccc4c4ccc5c(c6ccccc6n6c7ccccc7cc56)c43)c2)c1. The summed E-state index contributed by atoms with van der Waals surface area (Å²) in [6.45, 7) is 4.25. The van der Waals surface area contributed by atoms with Crippen molar-refractivity contribution in [1.82, 2.24) is 14.0 Å². The monoisotopic (exact) mass is 553 g/mol. The maximum atomic E-state index is 4.37. The first-order valence-electron chi connectivity index (χ1n) is 15.1. The molecule has 9 aromatic rings. The van der Waals surface area contributed by atoms with Gasteiger partial charge in [-0.15, -0.1) is 0 Å². The number of nitrogens with zero attached hydrogens (tertiary/aromatic N) is 3. The van der Waals surface area contributed by atoms with Crippen LogP contribution in [-0.2, 0) is 0 Å². The number of rotatable bonds is 2. The lowest BCUT2D eigenvalue weighted by Gasteiger charge is -2.15. The molecule has 0 aliphatic rings. The summed E-state index contributed by atoms with van der Waals surface area (Å²) in [4.78, 5) is 4.37. The Balaban J connectivity index is 0.000000892. The lowest BCUT2D eigenvalue weighted by atomic mass is 10.0. The van der Waals surface area contributed by atoms with Crippen molar-refractivity contribution in [3.8, 4) is 16.8 Å². The zero-order valence-electron chi connectivity index (χ0n) is 24.3. The first-order chi connectivity index (χ1) is 21.3. The minimum absolute atomic E-state index is 1.11. The molecule has 4 heterocycles. The molecule has 0 saturated carbocycles. The van der Waals surface area contributed by atoms with Gasteiger partial charge in [-0.25, -0.2) is 0 Å². The molecule has 0 aliphatic carbocycles. The Morgan fingerprint density at radius 1 is 0.535 bits per heavy atom. The minimum atomic E-state index is 1.11. The Kier molecular flexibility index (Phi) is 5.97.